The molecule has 1 amide bonds. The van der Waals surface area contributed by atoms with Gasteiger partial charge in [-0.05, 0) is 38.3 Å². The lowest BCUT2D eigenvalue weighted by molar-refractivity contribution is -0.137. The molecule has 2 aliphatic rings. The number of pyridine rings is 1. The second-order valence-electron chi connectivity index (χ2n) is 5.81. The Morgan fingerprint density at radius 3 is 2.91 bits per heavy atom. The van der Waals surface area contributed by atoms with Crippen molar-refractivity contribution in [2.75, 3.05) is 6.54 Å². The highest BCUT2D eigenvalue weighted by Gasteiger charge is 2.47. The molecule has 2 N–H and O–H groups in total. The molecule has 1 saturated heterocycles. The van der Waals surface area contributed by atoms with Gasteiger partial charge in [-0.3, -0.25) is 4.79 Å². The predicted molar refractivity (Wildman–Crippen MR) is 74.7 cm³/mol. The summed E-state index contributed by atoms with van der Waals surface area (Å²) in [6.07, 6.45) is -0.245. The molecule has 1 aliphatic carbocycles. The summed E-state index contributed by atoms with van der Waals surface area (Å²) < 4.78 is 37.8. The number of nitrogens with one attached hydrogen (secondary N) is 2. The van der Waals surface area contributed by atoms with Crippen molar-refractivity contribution in [1.29, 1.82) is 0 Å². The zero-order valence-corrected chi connectivity index (χ0v) is 12.4. The number of halogens is 4. The maximum Gasteiger partial charge on any atom is 0.417 e. The maximum atomic E-state index is 12.6. The molecule has 1 saturated carbocycles. The number of aromatic nitrogens is 1. The van der Waals surface area contributed by atoms with Crippen LogP contribution in [0, 0.1) is 0 Å². The number of alkyl halides is 3. The van der Waals surface area contributed by atoms with Gasteiger partial charge in [0, 0.05) is 12.2 Å². The molecule has 3 rings (SSSR count). The van der Waals surface area contributed by atoms with Crippen molar-refractivity contribution in [1.82, 2.24) is 15.6 Å². The minimum absolute atomic E-state index is 0.165. The number of carbonyl (C=O) groups is 1. The largest absolute Gasteiger partial charge is 0.417 e. The van der Waals surface area contributed by atoms with Crippen LogP contribution in [0.2, 0.25) is 5.02 Å². The summed E-state index contributed by atoms with van der Waals surface area (Å²) in [5.74, 6) is -0.519. The standard InChI is InChI=1S/C14H15ClF3N3O/c15-9-6-8(14(16,17)18)7-20-11(9)12(22)21-13-3-1-2-10(13)19-5-4-13/h6-7,10,19H,1-5H2,(H,21,22). The summed E-state index contributed by atoms with van der Waals surface area (Å²) in [5.41, 5.74) is -1.46. The molecule has 1 aliphatic heterocycles. The smallest absolute Gasteiger partial charge is 0.344 e. The van der Waals surface area contributed by atoms with E-state index in [0.29, 0.717) is 6.20 Å². The summed E-state index contributed by atoms with van der Waals surface area (Å²) in [6, 6.07) is 0.949. The average Bonchev–Trinajstić information content (AvgIpc) is 2.96. The topological polar surface area (TPSA) is 54.0 Å². The number of nitrogens with zero attached hydrogens (tertiary/aromatic N) is 1. The quantitative estimate of drug-likeness (QED) is 0.875. The molecule has 0 aromatic carbocycles. The second kappa shape index (κ2) is 5.38. The maximum absolute atomic E-state index is 12.6. The predicted octanol–water partition coefficient (Wildman–Crippen LogP) is 2.77. The first-order valence-corrected chi connectivity index (χ1v) is 7.48. The third-order valence-electron chi connectivity index (χ3n) is 4.49. The third-order valence-corrected chi connectivity index (χ3v) is 4.78. The highest BCUT2D eigenvalue weighted by Crippen LogP contribution is 2.37. The fourth-order valence-corrected chi connectivity index (χ4v) is 3.65. The van der Waals surface area contributed by atoms with E-state index in [2.05, 4.69) is 15.6 Å². The van der Waals surface area contributed by atoms with E-state index in [1.807, 2.05) is 0 Å². The number of rotatable bonds is 2. The van der Waals surface area contributed by atoms with Crippen LogP contribution in [0.3, 0.4) is 0 Å². The lowest BCUT2D eigenvalue weighted by Crippen LogP contribution is -2.53. The normalized spacial score (nSPS) is 27.7. The van der Waals surface area contributed by atoms with Crippen molar-refractivity contribution >= 4 is 17.5 Å². The van der Waals surface area contributed by atoms with Crippen molar-refractivity contribution < 1.29 is 18.0 Å². The van der Waals surface area contributed by atoms with Gasteiger partial charge in [-0.2, -0.15) is 13.2 Å². The first-order chi connectivity index (χ1) is 10.3. The molecule has 1 aromatic heterocycles. The Labute approximate surface area is 130 Å². The van der Waals surface area contributed by atoms with Gasteiger partial charge in [0.15, 0.2) is 0 Å². The van der Waals surface area contributed by atoms with Crippen molar-refractivity contribution in [3.63, 3.8) is 0 Å². The van der Waals surface area contributed by atoms with Crippen LogP contribution in [0.4, 0.5) is 13.2 Å². The molecule has 1 aromatic rings. The van der Waals surface area contributed by atoms with Crippen molar-refractivity contribution in [3.8, 4) is 0 Å². The Balaban J connectivity index is 1.81. The number of carbonyl (C=O) groups excluding carboxylic acids is 1. The number of hydrogen-bond donors (Lipinski definition) is 2. The lowest BCUT2D eigenvalue weighted by Gasteiger charge is -2.30. The Kier molecular flexibility index (Phi) is 3.81. The van der Waals surface area contributed by atoms with E-state index in [4.69, 9.17) is 11.6 Å². The van der Waals surface area contributed by atoms with Crippen LogP contribution in [-0.4, -0.2) is 29.0 Å². The lowest BCUT2D eigenvalue weighted by atomic mass is 9.93. The molecule has 2 atom stereocenters. The van der Waals surface area contributed by atoms with Gasteiger partial charge in [-0.15, -0.1) is 0 Å². The summed E-state index contributed by atoms with van der Waals surface area (Å²) in [4.78, 5) is 16.0. The molecule has 120 valence electrons. The van der Waals surface area contributed by atoms with E-state index in [1.165, 1.54) is 0 Å². The molecule has 22 heavy (non-hydrogen) atoms. The van der Waals surface area contributed by atoms with Gasteiger partial charge in [0.05, 0.1) is 16.1 Å². The van der Waals surface area contributed by atoms with Gasteiger partial charge in [-0.25, -0.2) is 4.98 Å². The zero-order chi connectivity index (χ0) is 16.0. The van der Waals surface area contributed by atoms with Crippen molar-refractivity contribution in [2.45, 2.75) is 43.4 Å². The molecule has 2 fully saturated rings. The highest BCUT2D eigenvalue weighted by molar-refractivity contribution is 6.33. The zero-order valence-electron chi connectivity index (χ0n) is 11.6. The van der Waals surface area contributed by atoms with E-state index in [-0.39, 0.29) is 22.3 Å². The number of hydrogen-bond acceptors (Lipinski definition) is 3. The average molecular weight is 334 g/mol. The molecule has 2 unspecified atom stereocenters. The van der Waals surface area contributed by atoms with E-state index in [9.17, 15) is 18.0 Å². The molecule has 2 heterocycles. The summed E-state index contributed by atoms with van der Waals surface area (Å²) in [5, 5.41) is 6.00. The van der Waals surface area contributed by atoms with Crippen molar-refractivity contribution in [3.05, 3.63) is 28.5 Å². The molecule has 0 radical (unpaired) electrons. The van der Waals surface area contributed by atoms with Crippen LogP contribution >= 0.6 is 11.6 Å². The summed E-state index contributed by atoms with van der Waals surface area (Å²) in [7, 11) is 0. The first kappa shape index (κ1) is 15.6. The van der Waals surface area contributed by atoms with Gasteiger partial charge < -0.3 is 10.6 Å². The monoisotopic (exact) mass is 333 g/mol. The molecule has 0 spiro atoms. The van der Waals surface area contributed by atoms with Gasteiger partial charge in [0.25, 0.3) is 5.91 Å². The van der Waals surface area contributed by atoms with E-state index < -0.39 is 17.6 Å². The minimum atomic E-state index is -4.53. The fraction of sp³-hybridized carbons (Fsp3) is 0.571. The van der Waals surface area contributed by atoms with E-state index >= 15 is 0 Å². The molecule has 8 heteroatoms. The van der Waals surface area contributed by atoms with Crippen molar-refractivity contribution in [2.24, 2.45) is 0 Å². The van der Waals surface area contributed by atoms with E-state index in [0.717, 1.165) is 38.3 Å². The van der Waals surface area contributed by atoms with Crippen LogP contribution in [0.15, 0.2) is 12.3 Å². The van der Waals surface area contributed by atoms with Crippen LogP contribution in [0.1, 0.15) is 41.7 Å². The first-order valence-electron chi connectivity index (χ1n) is 7.10. The molecular formula is C14H15ClF3N3O. The Morgan fingerprint density at radius 2 is 2.23 bits per heavy atom. The van der Waals surface area contributed by atoms with Crippen LogP contribution in [-0.2, 0) is 6.18 Å². The Hall–Kier alpha value is -1.34. The Bertz CT molecular complexity index is 595. The Morgan fingerprint density at radius 1 is 1.45 bits per heavy atom. The molecular weight excluding hydrogens is 319 g/mol. The van der Waals surface area contributed by atoms with Gasteiger partial charge in [0.2, 0.25) is 0 Å². The second-order valence-corrected chi connectivity index (χ2v) is 6.22. The molecule has 4 nitrogen and oxygen atoms in total. The fourth-order valence-electron chi connectivity index (χ4n) is 3.40. The van der Waals surface area contributed by atoms with E-state index in [1.54, 1.807) is 0 Å². The van der Waals surface area contributed by atoms with Crippen LogP contribution in [0.25, 0.3) is 0 Å². The summed E-state index contributed by atoms with van der Waals surface area (Å²) in [6.45, 7) is 0.819. The number of amides is 1. The third kappa shape index (κ3) is 2.67. The van der Waals surface area contributed by atoms with Gasteiger partial charge in [-0.1, -0.05) is 11.6 Å². The SMILES string of the molecule is O=C(NC12CCCC1NCC2)c1ncc(C(F)(F)F)cc1Cl. The summed E-state index contributed by atoms with van der Waals surface area (Å²) >= 11 is 5.82. The minimum Gasteiger partial charge on any atom is -0.344 e. The van der Waals surface area contributed by atoms with Crippen LogP contribution < -0.4 is 10.6 Å². The van der Waals surface area contributed by atoms with Gasteiger partial charge in [0.1, 0.15) is 5.69 Å². The highest BCUT2D eigenvalue weighted by atomic mass is 35.5. The molecule has 0 bridgehead atoms. The van der Waals surface area contributed by atoms with Crippen LogP contribution in [0.5, 0.6) is 0 Å². The number of fused-ring (bicyclic) bond motifs is 1. The van der Waals surface area contributed by atoms with Gasteiger partial charge >= 0.3 is 6.18 Å².